The molecule has 0 aromatic heterocycles. The van der Waals surface area contributed by atoms with Crippen LogP contribution in [0.25, 0.3) is 11.1 Å². The maximum absolute atomic E-state index is 10.2. The number of rotatable bonds is 6. The van der Waals surface area contributed by atoms with Gasteiger partial charge in [0.25, 0.3) is 0 Å². The number of ether oxygens (including phenoxy) is 2. The lowest BCUT2D eigenvalue weighted by Gasteiger charge is -2.11. The Kier molecular flexibility index (Phi) is 6.36. The van der Waals surface area contributed by atoms with Crippen LogP contribution in [0, 0.1) is 0 Å². The number of hydrogen-bond donors (Lipinski definition) is 0. The first kappa shape index (κ1) is 18.4. The highest BCUT2D eigenvalue weighted by atomic mass is 16.5. The van der Waals surface area contributed by atoms with Crippen molar-refractivity contribution >= 4 is 12.9 Å². The fraction of sp³-hybridized carbons (Fsp3) is 0.130. The smallest absolute Gasteiger partial charge is 0.417 e. The van der Waals surface area contributed by atoms with E-state index < -0.39 is 0 Å². The van der Waals surface area contributed by atoms with Gasteiger partial charge in [0, 0.05) is 5.92 Å². The molecule has 0 saturated carbocycles. The molecule has 0 N–H and O–H groups in total. The monoisotopic (exact) mass is 358 g/mol. The average Bonchev–Trinajstić information content (AvgIpc) is 3.06. The summed E-state index contributed by atoms with van der Waals surface area (Å²) in [5, 5.41) is 0. The molecule has 3 aromatic rings. The molecule has 3 aromatic carbocycles. The standard InChI is InChI=1S/C15H11O2.C8H7O2/c16-10-17-9-15-13-7-3-1-5-11(13)12-6-2-4-8-14(12)15;9-7-10-6-8-4-2-1-3-5-8/h1-8,15H,9H2;1-5H,6H2. The molecular formula is C23H18O4. The second-order valence-corrected chi connectivity index (χ2v) is 5.98. The summed E-state index contributed by atoms with van der Waals surface area (Å²) in [6.07, 6.45) is 0. The first-order valence-corrected chi connectivity index (χ1v) is 8.55. The van der Waals surface area contributed by atoms with Crippen LogP contribution in [0.3, 0.4) is 0 Å². The van der Waals surface area contributed by atoms with Crippen LogP contribution in [-0.2, 0) is 25.7 Å². The lowest BCUT2D eigenvalue weighted by atomic mass is 9.98. The predicted molar refractivity (Wildman–Crippen MR) is 102 cm³/mol. The van der Waals surface area contributed by atoms with E-state index in [0.29, 0.717) is 13.2 Å². The normalized spacial score (nSPS) is 11.4. The largest absolute Gasteiger partial charge is 0.456 e. The SMILES string of the molecule is O=[C]OCC1c2ccccc2-c2ccccc21.O=[C]OCc1ccccc1. The van der Waals surface area contributed by atoms with E-state index in [1.165, 1.54) is 35.2 Å². The number of benzene rings is 3. The highest BCUT2D eigenvalue weighted by molar-refractivity contribution is 5.78. The van der Waals surface area contributed by atoms with Gasteiger partial charge in [0.2, 0.25) is 0 Å². The Bertz CT molecular complexity index is 844. The van der Waals surface area contributed by atoms with Gasteiger partial charge in [0.15, 0.2) is 0 Å². The van der Waals surface area contributed by atoms with Crippen molar-refractivity contribution in [1.29, 1.82) is 0 Å². The predicted octanol–water partition coefficient (Wildman–Crippen LogP) is 4.15. The van der Waals surface area contributed by atoms with E-state index in [9.17, 15) is 9.59 Å². The molecule has 2 radical (unpaired) electrons. The molecule has 0 saturated heterocycles. The molecule has 4 heteroatoms. The van der Waals surface area contributed by atoms with Gasteiger partial charge in [0.05, 0.1) is 0 Å². The molecular weight excluding hydrogens is 340 g/mol. The van der Waals surface area contributed by atoms with Gasteiger partial charge in [-0.05, 0) is 27.8 Å². The second kappa shape index (κ2) is 9.34. The third-order valence-corrected chi connectivity index (χ3v) is 4.41. The topological polar surface area (TPSA) is 52.6 Å². The minimum Gasteiger partial charge on any atom is -0.456 e. The van der Waals surface area contributed by atoms with Crippen molar-refractivity contribution in [2.45, 2.75) is 12.5 Å². The lowest BCUT2D eigenvalue weighted by molar-refractivity contribution is 0.267. The molecule has 0 fully saturated rings. The van der Waals surface area contributed by atoms with Gasteiger partial charge in [-0.3, -0.25) is 0 Å². The molecule has 134 valence electrons. The molecule has 0 bridgehead atoms. The summed E-state index contributed by atoms with van der Waals surface area (Å²) in [6, 6.07) is 26.0. The molecule has 0 atom stereocenters. The summed E-state index contributed by atoms with van der Waals surface area (Å²) >= 11 is 0. The number of hydrogen-bond acceptors (Lipinski definition) is 4. The van der Waals surface area contributed by atoms with Gasteiger partial charge >= 0.3 is 12.9 Å². The van der Waals surface area contributed by atoms with Crippen LogP contribution in [0.2, 0.25) is 0 Å². The van der Waals surface area contributed by atoms with Crippen molar-refractivity contribution in [3.8, 4) is 11.1 Å². The summed E-state index contributed by atoms with van der Waals surface area (Å²) in [5.41, 5.74) is 5.91. The van der Waals surface area contributed by atoms with Crippen LogP contribution >= 0.6 is 0 Å². The molecule has 0 spiro atoms. The molecule has 4 rings (SSSR count). The third kappa shape index (κ3) is 4.42. The van der Waals surface area contributed by atoms with Crippen molar-refractivity contribution in [3.05, 3.63) is 95.6 Å². The molecule has 0 aliphatic heterocycles. The zero-order valence-corrected chi connectivity index (χ0v) is 14.6. The second-order valence-electron chi connectivity index (χ2n) is 5.98. The quantitative estimate of drug-likeness (QED) is 0.664. The Labute approximate surface area is 158 Å². The van der Waals surface area contributed by atoms with E-state index in [1.807, 2.05) is 54.6 Å². The molecule has 0 heterocycles. The van der Waals surface area contributed by atoms with Gasteiger partial charge in [-0.25, -0.2) is 9.59 Å². The van der Waals surface area contributed by atoms with E-state index in [0.717, 1.165) is 5.56 Å². The Morgan fingerprint density at radius 2 is 1.19 bits per heavy atom. The van der Waals surface area contributed by atoms with Crippen LogP contribution < -0.4 is 0 Å². The zero-order chi connectivity index (χ0) is 18.9. The zero-order valence-electron chi connectivity index (χ0n) is 14.6. The molecule has 0 unspecified atom stereocenters. The molecule has 1 aliphatic rings. The van der Waals surface area contributed by atoms with Crippen molar-refractivity contribution in [1.82, 2.24) is 0 Å². The summed E-state index contributed by atoms with van der Waals surface area (Å²) in [7, 11) is 0. The first-order chi connectivity index (χ1) is 13.3. The van der Waals surface area contributed by atoms with Gasteiger partial charge in [0.1, 0.15) is 13.2 Å². The third-order valence-electron chi connectivity index (χ3n) is 4.41. The van der Waals surface area contributed by atoms with Crippen molar-refractivity contribution in [3.63, 3.8) is 0 Å². The van der Waals surface area contributed by atoms with E-state index in [4.69, 9.17) is 4.74 Å². The van der Waals surface area contributed by atoms with Crippen molar-refractivity contribution in [2.24, 2.45) is 0 Å². The maximum atomic E-state index is 10.2. The fourth-order valence-electron chi connectivity index (χ4n) is 3.24. The van der Waals surface area contributed by atoms with Crippen molar-refractivity contribution < 1.29 is 19.1 Å². The summed E-state index contributed by atoms with van der Waals surface area (Å²) in [6.45, 7) is 3.54. The Hall–Kier alpha value is -3.40. The van der Waals surface area contributed by atoms with Gasteiger partial charge < -0.3 is 9.47 Å². The fourth-order valence-corrected chi connectivity index (χ4v) is 3.24. The summed E-state index contributed by atoms with van der Waals surface area (Å²) < 4.78 is 9.24. The highest BCUT2D eigenvalue weighted by Crippen LogP contribution is 2.44. The van der Waals surface area contributed by atoms with E-state index >= 15 is 0 Å². The minimum absolute atomic E-state index is 0.142. The Morgan fingerprint density at radius 1 is 0.667 bits per heavy atom. The van der Waals surface area contributed by atoms with E-state index in [1.54, 1.807) is 0 Å². The van der Waals surface area contributed by atoms with Crippen molar-refractivity contribution in [2.75, 3.05) is 6.61 Å². The average molecular weight is 358 g/mol. The first-order valence-electron chi connectivity index (χ1n) is 8.55. The van der Waals surface area contributed by atoms with E-state index in [2.05, 4.69) is 29.0 Å². The molecule has 4 nitrogen and oxygen atoms in total. The van der Waals surface area contributed by atoms with Crippen LogP contribution in [0.5, 0.6) is 0 Å². The highest BCUT2D eigenvalue weighted by Gasteiger charge is 2.28. The van der Waals surface area contributed by atoms with Crippen LogP contribution in [-0.4, -0.2) is 19.6 Å². The van der Waals surface area contributed by atoms with Crippen LogP contribution in [0.15, 0.2) is 78.9 Å². The maximum Gasteiger partial charge on any atom is 0.417 e. The van der Waals surface area contributed by atoms with Gasteiger partial charge in [-0.1, -0.05) is 78.9 Å². The molecule has 27 heavy (non-hydrogen) atoms. The Balaban J connectivity index is 0.000000180. The van der Waals surface area contributed by atoms with Gasteiger partial charge in [-0.2, -0.15) is 0 Å². The number of carbonyl (C=O) groups excluding carboxylic acids is 2. The van der Waals surface area contributed by atoms with Crippen LogP contribution in [0.1, 0.15) is 22.6 Å². The summed E-state index contributed by atoms with van der Waals surface area (Å²) in [4.78, 5) is 19.9. The number of fused-ring (bicyclic) bond motifs is 3. The van der Waals surface area contributed by atoms with E-state index in [-0.39, 0.29) is 5.92 Å². The molecule has 0 amide bonds. The summed E-state index contributed by atoms with van der Waals surface area (Å²) in [5.74, 6) is 0.142. The van der Waals surface area contributed by atoms with Gasteiger partial charge in [-0.15, -0.1) is 0 Å². The Morgan fingerprint density at radius 3 is 1.74 bits per heavy atom. The van der Waals surface area contributed by atoms with Crippen LogP contribution in [0.4, 0.5) is 0 Å². The minimum atomic E-state index is 0.142. The molecule has 1 aliphatic carbocycles. The lowest BCUT2D eigenvalue weighted by Crippen LogP contribution is -2.05.